The molecule has 1 N–H and O–H groups in total. The zero-order valence-electron chi connectivity index (χ0n) is 10.8. The predicted octanol–water partition coefficient (Wildman–Crippen LogP) is 3.76. The van der Waals surface area contributed by atoms with E-state index < -0.39 is 0 Å². The van der Waals surface area contributed by atoms with Crippen molar-refractivity contribution in [3.63, 3.8) is 0 Å². The molecule has 1 aromatic heterocycles. The third-order valence-corrected chi connectivity index (χ3v) is 4.31. The normalized spacial score (nSPS) is 13.3. The molecule has 2 aromatic rings. The molecule has 4 nitrogen and oxygen atoms in total. The number of nitrogens with zero attached hydrogens (tertiary/aromatic N) is 2. The molecule has 0 aliphatic heterocycles. The van der Waals surface area contributed by atoms with Crippen LogP contribution in [0.1, 0.15) is 17.7 Å². The fourth-order valence-corrected chi connectivity index (χ4v) is 3.10. The molecule has 0 amide bonds. The van der Waals surface area contributed by atoms with Crippen LogP contribution >= 0.6 is 27.5 Å². The molecule has 0 fully saturated rings. The van der Waals surface area contributed by atoms with Gasteiger partial charge in [0.15, 0.2) is 17.3 Å². The lowest BCUT2D eigenvalue weighted by Crippen LogP contribution is -1.98. The smallest absolute Gasteiger partial charge is 0.172 e. The molecular weight excluding hydrogens is 344 g/mol. The van der Waals surface area contributed by atoms with Gasteiger partial charge in [-0.25, -0.2) is 9.97 Å². The van der Waals surface area contributed by atoms with Crippen molar-refractivity contribution in [1.29, 1.82) is 0 Å². The second-order valence-corrected chi connectivity index (χ2v) is 5.84. The van der Waals surface area contributed by atoms with Gasteiger partial charge in [-0.05, 0) is 47.3 Å². The molecule has 1 aliphatic carbocycles. The Morgan fingerprint density at radius 1 is 1.30 bits per heavy atom. The number of aromatic hydroxyl groups is 1. The first-order chi connectivity index (χ1) is 9.60. The summed E-state index contributed by atoms with van der Waals surface area (Å²) in [5.41, 5.74) is 2.83. The largest absolute Gasteiger partial charge is 0.503 e. The molecule has 0 saturated carbocycles. The van der Waals surface area contributed by atoms with Crippen molar-refractivity contribution in [2.24, 2.45) is 0 Å². The number of aromatic nitrogens is 2. The fraction of sp³-hybridized carbons (Fsp3) is 0.286. The van der Waals surface area contributed by atoms with Crippen LogP contribution in [0.15, 0.2) is 16.6 Å². The lowest BCUT2D eigenvalue weighted by atomic mass is 10.1. The van der Waals surface area contributed by atoms with Gasteiger partial charge in [0.25, 0.3) is 0 Å². The average Bonchev–Trinajstić information content (AvgIpc) is 2.90. The monoisotopic (exact) mass is 354 g/mol. The van der Waals surface area contributed by atoms with Gasteiger partial charge in [-0.1, -0.05) is 11.6 Å². The lowest BCUT2D eigenvalue weighted by Gasteiger charge is -2.10. The third-order valence-electron chi connectivity index (χ3n) is 3.39. The molecule has 0 saturated heterocycles. The van der Waals surface area contributed by atoms with E-state index in [1.54, 1.807) is 12.1 Å². The van der Waals surface area contributed by atoms with E-state index in [0.29, 0.717) is 21.2 Å². The molecule has 20 heavy (non-hydrogen) atoms. The first kappa shape index (κ1) is 13.6. The number of phenols is 1. The topological polar surface area (TPSA) is 55.2 Å². The molecule has 1 aromatic carbocycles. The highest BCUT2D eigenvalue weighted by atomic mass is 79.9. The summed E-state index contributed by atoms with van der Waals surface area (Å²) in [7, 11) is 1.50. The van der Waals surface area contributed by atoms with Gasteiger partial charge in [0, 0.05) is 16.8 Å². The minimum atomic E-state index is 0.0588. The minimum absolute atomic E-state index is 0.0588. The van der Waals surface area contributed by atoms with E-state index in [-0.39, 0.29) is 5.75 Å². The maximum Gasteiger partial charge on any atom is 0.172 e. The van der Waals surface area contributed by atoms with Gasteiger partial charge in [-0.2, -0.15) is 0 Å². The zero-order valence-corrected chi connectivity index (χ0v) is 13.1. The number of hydrogen-bond acceptors (Lipinski definition) is 4. The highest BCUT2D eigenvalue weighted by molar-refractivity contribution is 9.10. The molecule has 1 heterocycles. The standard InChI is InChI=1S/C14H12BrClN2O2/c1-20-11-6-7(5-9(15)12(11)19)14-17-10-4-2-3-8(10)13(16)18-14/h5-6,19H,2-4H2,1H3. The molecule has 0 atom stereocenters. The number of aryl methyl sites for hydroxylation is 1. The van der Waals surface area contributed by atoms with Crippen LogP contribution in [-0.4, -0.2) is 22.2 Å². The summed E-state index contributed by atoms with van der Waals surface area (Å²) < 4.78 is 5.68. The summed E-state index contributed by atoms with van der Waals surface area (Å²) >= 11 is 9.52. The number of benzene rings is 1. The van der Waals surface area contributed by atoms with Crippen molar-refractivity contribution in [1.82, 2.24) is 9.97 Å². The van der Waals surface area contributed by atoms with E-state index >= 15 is 0 Å². The SMILES string of the molecule is COc1cc(-c2nc(Cl)c3c(n2)CCC3)cc(Br)c1O. The van der Waals surface area contributed by atoms with Gasteiger partial charge in [-0.3, -0.25) is 0 Å². The summed E-state index contributed by atoms with van der Waals surface area (Å²) in [6, 6.07) is 3.46. The van der Waals surface area contributed by atoms with Crippen LogP contribution in [0.2, 0.25) is 5.15 Å². The molecule has 6 heteroatoms. The first-order valence-electron chi connectivity index (χ1n) is 6.22. The molecule has 0 bridgehead atoms. The second-order valence-electron chi connectivity index (χ2n) is 4.63. The van der Waals surface area contributed by atoms with Gasteiger partial charge in [-0.15, -0.1) is 0 Å². The lowest BCUT2D eigenvalue weighted by molar-refractivity contribution is 0.372. The second kappa shape index (κ2) is 5.22. The van der Waals surface area contributed by atoms with Gasteiger partial charge >= 0.3 is 0 Å². The number of halogens is 2. The Morgan fingerprint density at radius 3 is 2.85 bits per heavy atom. The number of phenolic OH excluding ortho intramolecular Hbond substituents is 1. The maximum absolute atomic E-state index is 9.84. The number of methoxy groups -OCH3 is 1. The molecule has 3 rings (SSSR count). The fourth-order valence-electron chi connectivity index (χ4n) is 2.37. The van der Waals surface area contributed by atoms with Crippen LogP contribution in [0.4, 0.5) is 0 Å². The third kappa shape index (κ3) is 2.25. The Balaban J connectivity index is 2.14. The Labute approximate surface area is 129 Å². The van der Waals surface area contributed by atoms with Crippen molar-refractivity contribution < 1.29 is 9.84 Å². The van der Waals surface area contributed by atoms with Crippen molar-refractivity contribution in [3.8, 4) is 22.9 Å². The predicted molar refractivity (Wildman–Crippen MR) is 80.4 cm³/mol. The Hall–Kier alpha value is -1.33. The molecule has 0 radical (unpaired) electrons. The van der Waals surface area contributed by atoms with Crippen LogP contribution in [0.25, 0.3) is 11.4 Å². The molecular formula is C14H12BrClN2O2. The Kier molecular flexibility index (Phi) is 3.56. The van der Waals surface area contributed by atoms with Crippen LogP contribution in [0.3, 0.4) is 0 Å². The summed E-state index contributed by atoms with van der Waals surface area (Å²) in [4.78, 5) is 8.93. The van der Waals surface area contributed by atoms with Crippen LogP contribution < -0.4 is 4.74 Å². The molecule has 104 valence electrons. The molecule has 1 aliphatic rings. The summed E-state index contributed by atoms with van der Waals surface area (Å²) in [5, 5.41) is 10.4. The minimum Gasteiger partial charge on any atom is -0.503 e. The highest BCUT2D eigenvalue weighted by Crippen LogP contribution is 2.38. The van der Waals surface area contributed by atoms with Crippen LogP contribution in [-0.2, 0) is 12.8 Å². The number of ether oxygens (including phenoxy) is 1. The van der Waals surface area contributed by atoms with Crippen molar-refractivity contribution in [2.75, 3.05) is 7.11 Å². The van der Waals surface area contributed by atoms with E-state index in [0.717, 1.165) is 36.1 Å². The van der Waals surface area contributed by atoms with Crippen molar-refractivity contribution >= 4 is 27.5 Å². The summed E-state index contributed by atoms with van der Waals surface area (Å²) in [6.45, 7) is 0. The number of fused-ring (bicyclic) bond motifs is 1. The number of hydrogen-bond donors (Lipinski definition) is 1. The average molecular weight is 356 g/mol. The van der Waals surface area contributed by atoms with Crippen LogP contribution in [0.5, 0.6) is 11.5 Å². The number of rotatable bonds is 2. The maximum atomic E-state index is 9.84. The van der Waals surface area contributed by atoms with E-state index in [9.17, 15) is 5.11 Å². The van der Waals surface area contributed by atoms with E-state index in [2.05, 4.69) is 25.9 Å². The van der Waals surface area contributed by atoms with Crippen molar-refractivity contribution in [2.45, 2.75) is 19.3 Å². The molecule has 0 unspecified atom stereocenters. The highest BCUT2D eigenvalue weighted by Gasteiger charge is 2.20. The van der Waals surface area contributed by atoms with Gasteiger partial charge in [0.2, 0.25) is 0 Å². The van der Waals surface area contributed by atoms with Crippen molar-refractivity contribution in [3.05, 3.63) is 33.0 Å². The quantitative estimate of drug-likeness (QED) is 0.833. The van der Waals surface area contributed by atoms with E-state index in [1.165, 1.54) is 7.11 Å². The van der Waals surface area contributed by atoms with Crippen LogP contribution in [0, 0.1) is 0 Å². The zero-order chi connectivity index (χ0) is 14.3. The van der Waals surface area contributed by atoms with E-state index in [1.807, 2.05) is 0 Å². The first-order valence-corrected chi connectivity index (χ1v) is 7.39. The van der Waals surface area contributed by atoms with Gasteiger partial charge in [0.05, 0.1) is 11.6 Å². The van der Waals surface area contributed by atoms with Gasteiger partial charge in [0.1, 0.15) is 5.15 Å². The summed E-state index contributed by atoms with van der Waals surface area (Å²) in [5.74, 6) is 0.979. The van der Waals surface area contributed by atoms with Gasteiger partial charge < -0.3 is 9.84 Å². The Bertz CT molecular complexity index is 682. The summed E-state index contributed by atoms with van der Waals surface area (Å²) in [6.07, 6.45) is 2.94. The molecule has 0 spiro atoms. The Morgan fingerprint density at radius 2 is 2.10 bits per heavy atom. The van der Waals surface area contributed by atoms with E-state index in [4.69, 9.17) is 16.3 Å².